The first kappa shape index (κ1) is 10.5. The molecule has 2 N–H and O–H groups in total. The number of nitrogens with two attached hydrogens (primary N) is 1. The van der Waals surface area contributed by atoms with Crippen LogP contribution in [0.25, 0.3) is 0 Å². The number of carbonyl (C=O) groups excluding carboxylic acids is 1. The van der Waals surface area contributed by atoms with Crippen molar-refractivity contribution >= 4 is 5.97 Å². The quantitative estimate of drug-likeness (QED) is 0.605. The van der Waals surface area contributed by atoms with Crippen LogP contribution in [0.4, 0.5) is 0 Å². The van der Waals surface area contributed by atoms with E-state index in [0.29, 0.717) is 12.8 Å². The molecular weight excluding hydrogens is 170 g/mol. The number of carbonyl (C=O) groups is 1. The fraction of sp³-hybridized carbons (Fsp3) is 0.889. The highest BCUT2D eigenvalue weighted by atomic mass is 16.5. The van der Waals surface area contributed by atoms with Gasteiger partial charge < -0.3 is 15.2 Å². The van der Waals surface area contributed by atoms with Gasteiger partial charge in [0.1, 0.15) is 5.54 Å². The van der Waals surface area contributed by atoms with Crippen LogP contribution < -0.4 is 5.73 Å². The van der Waals surface area contributed by atoms with Gasteiger partial charge in [-0.1, -0.05) is 0 Å². The van der Waals surface area contributed by atoms with E-state index in [1.165, 1.54) is 7.11 Å². The Hall–Kier alpha value is -0.610. The molecule has 0 radical (unpaired) electrons. The monoisotopic (exact) mass is 187 g/mol. The van der Waals surface area contributed by atoms with Crippen LogP contribution in [-0.2, 0) is 14.3 Å². The molecule has 0 amide bonds. The molecule has 1 heterocycles. The molecule has 0 spiro atoms. The second-order valence-corrected chi connectivity index (χ2v) is 3.81. The highest BCUT2D eigenvalue weighted by molar-refractivity contribution is 5.80. The van der Waals surface area contributed by atoms with Crippen molar-refractivity contribution in [1.82, 2.24) is 0 Å². The lowest BCUT2D eigenvalue weighted by Gasteiger charge is -2.37. The van der Waals surface area contributed by atoms with Crippen LogP contribution in [0.3, 0.4) is 0 Å². The molecule has 1 aliphatic heterocycles. The van der Waals surface area contributed by atoms with Gasteiger partial charge in [-0.3, -0.25) is 4.79 Å². The lowest BCUT2D eigenvalue weighted by atomic mass is 9.85. The molecule has 0 aliphatic carbocycles. The summed E-state index contributed by atoms with van der Waals surface area (Å²) in [5, 5.41) is 0. The van der Waals surface area contributed by atoms with E-state index in [9.17, 15) is 4.79 Å². The normalized spacial score (nSPS) is 40.0. The third-order valence-corrected chi connectivity index (χ3v) is 2.36. The largest absolute Gasteiger partial charge is 0.468 e. The van der Waals surface area contributed by atoms with Crippen molar-refractivity contribution in [2.45, 2.75) is 44.4 Å². The van der Waals surface area contributed by atoms with E-state index in [1.807, 2.05) is 13.8 Å². The second-order valence-electron chi connectivity index (χ2n) is 3.81. The first-order valence-electron chi connectivity index (χ1n) is 4.50. The molecular formula is C9H17NO3. The summed E-state index contributed by atoms with van der Waals surface area (Å²) >= 11 is 0. The van der Waals surface area contributed by atoms with Crippen molar-refractivity contribution < 1.29 is 14.3 Å². The van der Waals surface area contributed by atoms with Crippen LogP contribution >= 0.6 is 0 Å². The average molecular weight is 187 g/mol. The Labute approximate surface area is 78.4 Å². The number of methoxy groups -OCH3 is 1. The summed E-state index contributed by atoms with van der Waals surface area (Å²) < 4.78 is 10.2. The summed E-state index contributed by atoms with van der Waals surface area (Å²) in [7, 11) is 1.36. The minimum Gasteiger partial charge on any atom is -0.468 e. The second kappa shape index (κ2) is 3.64. The molecule has 1 aliphatic rings. The van der Waals surface area contributed by atoms with Gasteiger partial charge in [-0.05, 0) is 13.8 Å². The van der Waals surface area contributed by atoms with Gasteiger partial charge in [-0.2, -0.15) is 0 Å². The van der Waals surface area contributed by atoms with E-state index >= 15 is 0 Å². The Morgan fingerprint density at radius 1 is 1.46 bits per heavy atom. The summed E-state index contributed by atoms with van der Waals surface area (Å²) in [4.78, 5) is 11.4. The maximum atomic E-state index is 11.4. The maximum absolute atomic E-state index is 11.4. The molecule has 0 aromatic rings. The standard InChI is InChI=1S/C9H17NO3/c1-6-4-9(10,8(11)12-3)5-7(2)13-6/h6-7H,4-5,10H2,1-3H3/t6-,7+,9?. The van der Waals surface area contributed by atoms with Gasteiger partial charge in [0.2, 0.25) is 0 Å². The smallest absolute Gasteiger partial charge is 0.326 e. The number of rotatable bonds is 1. The van der Waals surface area contributed by atoms with E-state index in [4.69, 9.17) is 10.5 Å². The molecule has 1 fully saturated rings. The first-order chi connectivity index (χ1) is 5.98. The van der Waals surface area contributed by atoms with Crippen molar-refractivity contribution in [3.8, 4) is 0 Å². The van der Waals surface area contributed by atoms with Gasteiger partial charge in [-0.15, -0.1) is 0 Å². The molecule has 0 bridgehead atoms. The molecule has 76 valence electrons. The molecule has 1 saturated heterocycles. The number of hydrogen-bond acceptors (Lipinski definition) is 4. The molecule has 0 aromatic heterocycles. The van der Waals surface area contributed by atoms with Gasteiger partial charge in [-0.25, -0.2) is 0 Å². The molecule has 1 rings (SSSR count). The van der Waals surface area contributed by atoms with E-state index < -0.39 is 5.54 Å². The minimum atomic E-state index is -0.855. The van der Waals surface area contributed by atoms with Gasteiger partial charge >= 0.3 is 5.97 Å². The van der Waals surface area contributed by atoms with Crippen molar-refractivity contribution in [1.29, 1.82) is 0 Å². The zero-order valence-electron chi connectivity index (χ0n) is 8.37. The van der Waals surface area contributed by atoms with Crippen molar-refractivity contribution in [3.05, 3.63) is 0 Å². The minimum absolute atomic E-state index is 0.0212. The van der Waals surface area contributed by atoms with Gasteiger partial charge in [0.05, 0.1) is 19.3 Å². The van der Waals surface area contributed by atoms with E-state index in [-0.39, 0.29) is 18.2 Å². The van der Waals surface area contributed by atoms with Crippen LogP contribution in [-0.4, -0.2) is 30.8 Å². The van der Waals surface area contributed by atoms with Crippen molar-refractivity contribution in [2.75, 3.05) is 7.11 Å². The molecule has 0 saturated carbocycles. The third-order valence-electron chi connectivity index (χ3n) is 2.36. The topological polar surface area (TPSA) is 61.5 Å². The number of esters is 1. The third kappa shape index (κ3) is 2.19. The zero-order chi connectivity index (χ0) is 10.1. The fourth-order valence-corrected chi connectivity index (χ4v) is 1.97. The highest BCUT2D eigenvalue weighted by Gasteiger charge is 2.42. The number of hydrogen-bond donors (Lipinski definition) is 1. The Balaban J connectivity index is 2.71. The first-order valence-corrected chi connectivity index (χ1v) is 4.50. The Kier molecular flexibility index (Phi) is 2.93. The molecule has 3 atom stereocenters. The fourth-order valence-electron chi connectivity index (χ4n) is 1.97. The maximum Gasteiger partial charge on any atom is 0.326 e. The average Bonchev–Trinajstić information content (AvgIpc) is 2.00. The van der Waals surface area contributed by atoms with Gasteiger partial charge in [0, 0.05) is 12.8 Å². The van der Waals surface area contributed by atoms with Crippen molar-refractivity contribution in [3.63, 3.8) is 0 Å². The summed E-state index contributed by atoms with van der Waals surface area (Å²) in [6, 6.07) is 0. The molecule has 13 heavy (non-hydrogen) atoms. The lowest BCUT2D eigenvalue weighted by Crippen LogP contribution is -2.56. The van der Waals surface area contributed by atoms with Crippen molar-refractivity contribution in [2.24, 2.45) is 5.73 Å². The zero-order valence-corrected chi connectivity index (χ0v) is 8.37. The van der Waals surface area contributed by atoms with Crippen LogP contribution in [0.2, 0.25) is 0 Å². The Bertz CT molecular complexity index is 195. The summed E-state index contributed by atoms with van der Waals surface area (Å²) in [6.07, 6.45) is 1.11. The summed E-state index contributed by atoms with van der Waals surface area (Å²) in [6.45, 7) is 3.83. The Morgan fingerprint density at radius 3 is 2.31 bits per heavy atom. The summed E-state index contributed by atoms with van der Waals surface area (Å²) in [5.41, 5.74) is 5.08. The predicted molar refractivity (Wildman–Crippen MR) is 48.2 cm³/mol. The van der Waals surface area contributed by atoms with Gasteiger partial charge in [0.25, 0.3) is 0 Å². The summed E-state index contributed by atoms with van der Waals surface area (Å²) in [5.74, 6) is -0.338. The van der Waals surface area contributed by atoms with Gasteiger partial charge in [0.15, 0.2) is 0 Å². The van der Waals surface area contributed by atoms with Crippen LogP contribution in [0.15, 0.2) is 0 Å². The van der Waals surface area contributed by atoms with Crippen LogP contribution in [0, 0.1) is 0 Å². The lowest BCUT2D eigenvalue weighted by molar-refractivity contribution is -0.156. The molecule has 0 aromatic carbocycles. The highest BCUT2D eigenvalue weighted by Crippen LogP contribution is 2.27. The van der Waals surface area contributed by atoms with E-state index in [2.05, 4.69) is 4.74 Å². The van der Waals surface area contributed by atoms with Crippen LogP contribution in [0.1, 0.15) is 26.7 Å². The van der Waals surface area contributed by atoms with Crippen LogP contribution in [0.5, 0.6) is 0 Å². The number of ether oxygens (including phenoxy) is 2. The Morgan fingerprint density at radius 2 is 1.92 bits per heavy atom. The molecule has 1 unspecified atom stereocenters. The molecule has 4 nitrogen and oxygen atoms in total. The van der Waals surface area contributed by atoms with E-state index in [0.717, 1.165) is 0 Å². The predicted octanol–water partition coefficient (Wildman–Crippen LogP) is 0.444. The SMILES string of the molecule is COC(=O)C1(N)C[C@@H](C)O[C@@H](C)C1. The van der Waals surface area contributed by atoms with E-state index in [1.54, 1.807) is 0 Å². The molecule has 4 heteroatoms.